The fraction of sp³-hybridized carbons (Fsp3) is 0.0580. The van der Waals surface area contributed by atoms with Crippen LogP contribution in [0.1, 0.15) is 47.6 Å². The smallest absolute Gasteiger partial charge is 0.184 e. The maximum atomic E-state index is 5.74. The van der Waals surface area contributed by atoms with E-state index >= 15 is 0 Å². The Balaban J connectivity index is 1.02. The summed E-state index contributed by atoms with van der Waals surface area (Å²) in [5, 5.41) is 12.7. The van der Waals surface area contributed by atoms with E-state index in [4.69, 9.17) is 4.99 Å². The van der Waals surface area contributed by atoms with Crippen LogP contribution in [0.3, 0.4) is 0 Å². The van der Waals surface area contributed by atoms with Crippen molar-refractivity contribution in [3.05, 3.63) is 283 Å². The van der Waals surface area contributed by atoms with Gasteiger partial charge in [0.15, 0.2) is 6.29 Å². The number of para-hydroxylation sites is 2. The maximum Gasteiger partial charge on any atom is 0.184 e. The van der Waals surface area contributed by atoms with Gasteiger partial charge in [-0.1, -0.05) is 237 Å². The van der Waals surface area contributed by atoms with Gasteiger partial charge in [0.05, 0.1) is 27.8 Å². The van der Waals surface area contributed by atoms with Crippen molar-refractivity contribution >= 4 is 60.6 Å². The molecule has 0 saturated heterocycles. The van der Waals surface area contributed by atoms with E-state index in [1.807, 2.05) is 0 Å². The van der Waals surface area contributed by atoms with E-state index in [2.05, 4.69) is 281 Å². The quantitative estimate of drug-likeness (QED) is 0.151. The van der Waals surface area contributed by atoms with E-state index in [0.717, 1.165) is 74.2 Å². The van der Waals surface area contributed by atoms with Crippen LogP contribution < -0.4 is 10.6 Å². The van der Waals surface area contributed by atoms with E-state index < -0.39 is 6.29 Å². The number of aliphatic imine (C=N–C) groups is 1. The summed E-state index contributed by atoms with van der Waals surface area (Å²) < 4.78 is 5.02. The molecule has 0 saturated carbocycles. The minimum absolute atomic E-state index is 0.280. The molecule has 12 aromatic rings. The molecule has 0 radical (unpaired) electrons. The second kappa shape index (κ2) is 18.4. The molecule has 352 valence electrons. The Morgan fingerprint density at radius 3 is 1.69 bits per heavy atom. The fourth-order valence-corrected chi connectivity index (χ4v) is 11.5. The van der Waals surface area contributed by atoms with E-state index in [-0.39, 0.29) is 6.17 Å². The number of benzene rings is 10. The standard InChI is InChI=1S/C69H51N5/c1-5-19-46(20-6-1)49-35-37-51(38-36-49)67-70-68(56-30-18-28-53(44-56)48-23-9-3-10-24-48)72-69(71-67)74-63-34-16-14-32-59(63)61-42-41-60-58-31-13-15-33-62(58)73(65(60)66(61)74)64-45-55(39-40-57(64)50-25-11-4-12-26-50)54-29-17-27-52(43-54)47-21-7-2-8-22-47/h1-16,18-26,28-45,67,69,71H,17,27H2,(H,70,72). The van der Waals surface area contributed by atoms with E-state index in [0.29, 0.717) is 0 Å². The third kappa shape index (κ3) is 7.65. The van der Waals surface area contributed by atoms with Gasteiger partial charge >= 0.3 is 0 Å². The Labute approximate surface area is 430 Å². The average molecular weight is 950 g/mol. The number of rotatable bonds is 9. The van der Waals surface area contributed by atoms with E-state index in [1.165, 1.54) is 60.5 Å². The summed E-state index contributed by atoms with van der Waals surface area (Å²) in [6, 6.07) is 90.2. The lowest BCUT2D eigenvalue weighted by Crippen LogP contribution is -2.46. The SMILES string of the molecule is C1=C(c2ccc(-c3ccccc3)c(-n3c4ccccc4c4ccc5c6ccccc6n(C6N=C(c7cccc(-c8ccccc8)c7)NC(c7ccc(-c8ccccc8)cc7)N6)c5c43)c2)C=C(c2ccccc2)CC1. The lowest BCUT2D eigenvalue weighted by Gasteiger charge is -2.33. The number of nitrogens with one attached hydrogen (secondary N) is 2. The topological polar surface area (TPSA) is 46.3 Å². The lowest BCUT2D eigenvalue weighted by atomic mass is 9.89. The minimum Gasteiger partial charge on any atom is -0.350 e. The van der Waals surface area contributed by atoms with Gasteiger partial charge in [-0.05, 0) is 92.8 Å². The van der Waals surface area contributed by atoms with Gasteiger partial charge in [-0.15, -0.1) is 0 Å². The van der Waals surface area contributed by atoms with Crippen molar-refractivity contribution in [3.8, 4) is 39.1 Å². The summed E-state index contributed by atoms with van der Waals surface area (Å²) in [5.41, 5.74) is 19.9. The number of fused-ring (bicyclic) bond motifs is 7. The number of amidine groups is 1. The van der Waals surface area contributed by atoms with Crippen LogP contribution in [0.2, 0.25) is 0 Å². The molecule has 0 bridgehead atoms. The second-order valence-electron chi connectivity index (χ2n) is 19.5. The summed E-state index contributed by atoms with van der Waals surface area (Å²) in [6.45, 7) is 0. The molecule has 0 spiro atoms. The molecule has 74 heavy (non-hydrogen) atoms. The zero-order valence-electron chi connectivity index (χ0n) is 40.7. The number of hydrogen-bond acceptors (Lipinski definition) is 3. The average Bonchev–Trinajstić information content (AvgIpc) is 4.01. The van der Waals surface area contributed by atoms with Gasteiger partial charge in [0.2, 0.25) is 0 Å². The monoisotopic (exact) mass is 949 g/mol. The summed E-state index contributed by atoms with van der Waals surface area (Å²) in [5.74, 6) is 0.824. The van der Waals surface area contributed by atoms with Crippen molar-refractivity contribution in [1.29, 1.82) is 0 Å². The van der Waals surface area contributed by atoms with Crippen molar-refractivity contribution in [2.24, 2.45) is 4.99 Å². The first-order chi connectivity index (χ1) is 36.7. The van der Waals surface area contributed by atoms with Crippen LogP contribution in [0.5, 0.6) is 0 Å². The molecular formula is C69H51N5. The van der Waals surface area contributed by atoms with Crippen LogP contribution in [0.25, 0.3) is 93.8 Å². The van der Waals surface area contributed by atoms with Gasteiger partial charge in [0.25, 0.3) is 0 Å². The van der Waals surface area contributed by atoms with E-state index in [1.54, 1.807) is 0 Å². The highest BCUT2D eigenvalue weighted by molar-refractivity contribution is 6.23. The number of allylic oxidation sites excluding steroid dienone is 4. The number of aromatic nitrogens is 2. The summed E-state index contributed by atoms with van der Waals surface area (Å²) in [7, 11) is 0. The molecule has 1 aliphatic carbocycles. The fourth-order valence-electron chi connectivity index (χ4n) is 11.5. The van der Waals surface area contributed by atoms with Crippen molar-refractivity contribution < 1.29 is 0 Å². The van der Waals surface area contributed by atoms with Gasteiger partial charge in [-0.3, -0.25) is 5.32 Å². The molecule has 5 nitrogen and oxygen atoms in total. The predicted molar refractivity (Wildman–Crippen MR) is 309 cm³/mol. The first kappa shape index (κ1) is 43.5. The van der Waals surface area contributed by atoms with Gasteiger partial charge in [-0.25, -0.2) is 4.99 Å². The first-order valence-corrected chi connectivity index (χ1v) is 25.7. The largest absolute Gasteiger partial charge is 0.350 e. The predicted octanol–water partition coefficient (Wildman–Crippen LogP) is 16.9. The molecule has 2 aliphatic rings. The molecule has 10 aromatic carbocycles. The molecule has 0 fully saturated rings. The van der Waals surface area contributed by atoms with Crippen LogP contribution in [-0.4, -0.2) is 15.0 Å². The van der Waals surface area contributed by atoms with Crippen molar-refractivity contribution in [1.82, 2.24) is 19.8 Å². The molecular weight excluding hydrogens is 899 g/mol. The van der Waals surface area contributed by atoms with Crippen LogP contribution >= 0.6 is 0 Å². The third-order valence-corrected chi connectivity index (χ3v) is 15.1. The Morgan fingerprint density at radius 1 is 0.419 bits per heavy atom. The Kier molecular flexibility index (Phi) is 10.8. The zero-order chi connectivity index (χ0) is 49.0. The van der Waals surface area contributed by atoms with Gasteiger partial charge in [0, 0.05) is 32.7 Å². The molecule has 0 amide bonds. The Hall–Kier alpha value is -9.29. The highest BCUT2D eigenvalue weighted by Crippen LogP contribution is 2.45. The second-order valence-corrected chi connectivity index (χ2v) is 19.5. The minimum atomic E-state index is -0.515. The Bertz CT molecular complexity index is 4160. The van der Waals surface area contributed by atoms with Crippen molar-refractivity contribution in [3.63, 3.8) is 0 Å². The first-order valence-electron chi connectivity index (χ1n) is 25.7. The molecule has 1 aliphatic heterocycles. The van der Waals surface area contributed by atoms with E-state index in [9.17, 15) is 0 Å². The molecule has 2 aromatic heterocycles. The summed E-state index contributed by atoms with van der Waals surface area (Å²) >= 11 is 0. The molecule has 14 rings (SSSR count). The Morgan fingerprint density at radius 2 is 0.973 bits per heavy atom. The van der Waals surface area contributed by atoms with Gasteiger partial charge in [-0.2, -0.15) is 0 Å². The van der Waals surface area contributed by atoms with Gasteiger partial charge in [0.1, 0.15) is 12.0 Å². The third-order valence-electron chi connectivity index (χ3n) is 15.1. The van der Waals surface area contributed by atoms with Crippen LogP contribution in [0.4, 0.5) is 0 Å². The molecule has 2 N–H and O–H groups in total. The molecule has 3 heterocycles. The number of nitrogens with zero attached hydrogens (tertiary/aromatic N) is 3. The number of hydrogen-bond donors (Lipinski definition) is 2. The molecule has 5 heteroatoms. The molecule has 2 unspecified atom stereocenters. The lowest BCUT2D eigenvalue weighted by molar-refractivity contribution is 0.341. The van der Waals surface area contributed by atoms with Crippen LogP contribution in [0.15, 0.2) is 266 Å². The normalized spacial score (nSPS) is 15.8. The van der Waals surface area contributed by atoms with Crippen LogP contribution in [0, 0.1) is 0 Å². The summed E-state index contributed by atoms with van der Waals surface area (Å²) in [6.07, 6.45) is 6.03. The highest BCUT2D eigenvalue weighted by atomic mass is 15.4. The van der Waals surface area contributed by atoms with Crippen molar-refractivity contribution in [2.45, 2.75) is 25.3 Å². The van der Waals surface area contributed by atoms with Crippen LogP contribution in [-0.2, 0) is 0 Å². The molecule has 2 atom stereocenters. The zero-order valence-corrected chi connectivity index (χ0v) is 40.7. The maximum absolute atomic E-state index is 5.74. The van der Waals surface area contributed by atoms with Crippen molar-refractivity contribution in [2.75, 3.05) is 0 Å². The highest BCUT2D eigenvalue weighted by Gasteiger charge is 2.30. The summed E-state index contributed by atoms with van der Waals surface area (Å²) in [4.78, 5) is 5.74. The van der Waals surface area contributed by atoms with Gasteiger partial charge < -0.3 is 14.5 Å².